The molecule has 0 fully saturated rings. The van der Waals surface area contributed by atoms with E-state index in [0.717, 1.165) is 18.1 Å². The van der Waals surface area contributed by atoms with E-state index < -0.39 is 5.97 Å². The normalized spacial score (nSPS) is 10.4. The number of hydrogen-bond acceptors (Lipinski definition) is 5. The molecule has 0 aliphatic carbocycles. The molecule has 0 bridgehead atoms. The largest absolute Gasteiger partial charge is 0.476 e. The summed E-state index contributed by atoms with van der Waals surface area (Å²) < 4.78 is 0. The number of carboxylic acid groups (broad SMARTS) is 1. The lowest BCUT2D eigenvalue weighted by Crippen LogP contribution is -2.19. The number of thiazole rings is 1. The highest BCUT2D eigenvalue weighted by Gasteiger charge is 2.11. The Bertz CT molecular complexity index is 493. The number of nitrogens with zero attached hydrogens (tertiary/aromatic N) is 2. The highest BCUT2D eigenvalue weighted by atomic mass is 32.1. The van der Waals surface area contributed by atoms with Gasteiger partial charge in [-0.15, -0.1) is 22.7 Å². The van der Waals surface area contributed by atoms with Gasteiger partial charge < -0.3 is 10.0 Å². The van der Waals surface area contributed by atoms with Gasteiger partial charge in [0.1, 0.15) is 0 Å². The van der Waals surface area contributed by atoms with Gasteiger partial charge in [-0.2, -0.15) is 0 Å². The first-order valence-electron chi connectivity index (χ1n) is 5.09. The smallest absolute Gasteiger partial charge is 0.355 e. The molecule has 0 unspecified atom stereocenters. The zero-order valence-electron chi connectivity index (χ0n) is 9.29. The minimum atomic E-state index is -0.973. The fourth-order valence-electron chi connectivity index (χ4n) is 1.37. The van der Waals surface area contributed by atoms with E-state index in [1.54, 1.807) is 16.7 Å². The van der Waals surface area contributed by atoms with E-state index in [4.69, 9.17) is 5.11 Å². The number of likely N-dealkylation sites (N-methyl/N-ethyl adjacent to an activating group) is 1. The Morgan fingerprint density at radius 3 is 2.94 bits per heavy atom. The lowest BCUT2D eigenvalue weighted by molar-refractivity contribution is 0.0691. The van der Waals surface area contributed by atoms with Gasteiger partial charge in [0.05, 0.1) is 0 Å². The van der Waals surface area contributed by atoms with Gasteiger partial charge in [0.25, 0.3) is 0 Å². The van der Waals surface area contributed by atoms with Crippen LogP contribution in [-0.2, 0) is 6.42 Å². The summed E-state index contributed by atoms with van der Waals surface area (Å²) in [4.78, 5) is 18.1. The van der Waals surface area contributed by atoms with E-state index in [-0.39, 0.29) is 5.69 Å². The molecular weight excluding hydrogens is 256 g/mol. The molecule has 0 saturated heterocycles. The average Bonchev–Trinajstić information content (AvgIpc) is 2.96. The van der Waals surface area contributed by atoms with Crippen molar-refractivity contribution in [2.24, 2.45) is 0 Å². The number of anilines is 1. The van der Waals surface area contributed by atoms with Gasteiger partial charge in [0.2, 0.25) is 0 Å². The van der Waals surface area contributed by atoms with Gasteiger partial charge in [0, 0.05) is 23.8 Å². The lowest BCUT2D eigenvalue weighted by Gasteiger charge is -2.14. The number of hydrogen-bond donors (Lipinski definition) is 1. The molecule has 2 heterocycles. The molecule has 4 nitrogen and oxygen atoms in total. The molecule has 0 radical (unpaired) electrons. The topological polar surface area (TPSA) is 53.4 Å². The second-order valence-corrected chi connectivity index (χ2v) is 5.44. The summed E-state index contributed by atoms with van der Waals surface area (Å²) in [6.45, 7) is 0.840. The van der Waals surface area contributed by atoms with Crippen molar-refractivity contribution in [3.63, 3.8) is 0 Å². The fourth-order valence-corrected chi connectivity index (χ4v) is 2.86. The summed E-state index contributed by atoms with van der Waals surface area (Å²) in [6, 6.07) is 4.13. The van der Waals surface area contributed by atoms with Crippen molar-refractivity contribution >= 4 is 33.8 Å². The molecule has 0 aromatic carbocycles. The van der Waals surface area contributed by atoms with Crippen LogP contribution in [0.5, 0.6) is 0 Å². The maximum Gasteiger partial charge on any atom is 0.355 e. The summed E-state index contributed by atoms with van der Waals surface area (Å²) in [7, 11) is 1.93. The summed E-state index contributed by atoms with van der Waals surface area (Å²) in [5.41, 5.74) is 0.118. The zero-order chi connectivity index (χ0) is 12.3. The quantitative estimate of drug-likeness (QED) is 0.905. The molecular formula is C11H12N2O2S2. The number of thiophene rings is 1. The predicted octanol–water partition coefficient (Wildman–Crippen LogP) is 2.58. The minimum absolute atomic E-state index is 0.118. The third kappa shape index (κ3) is 3.04. The van der Waals surface area contributed by atoms with Crippen LogP contribution in [-0.4, -0.2) is 29.7 Å². The Kier molecular flexibility index (Phi) is 3.75. The Morgan fingerprint density at radius 2 is 2.35 bits per heavy atom. The van der Waals surface area contributed by atoms with Crippen molar-refractivity contribution in [3.8, 4) is 0 Å². The first-order chi connectivity index (χ1) is 8.16. The fraction of sp³-hybridized carbons (Fsp3) is 0.273. The van der Waals surface area contributed by atoms with Crippen LogP contribution in [0.1, 0.15) is 15.4 Å². The second-order valence-electron chi connectivity index (χ2n) is 3.57. The van der Waals surface area contributed by atoms with Gasteiger partial charge in [-0.05, 0) is 17.9 Å². The highest BCUT2D eigenvalue weighted by molar-refractivity contribution is 7.14. The minimum Gasteiger partial charge on any atom is -0.476 e. The van der Waals surface area contributed by atoms with Crippen LogP contribution in [0.3, 0.4) is 0 Å². The van der Waals surface area contributed by atoms with Crippen molar-refractivity contribution in [2.45, 2.75) is 6.42 Å². The molecule has 17 heavy (non-hydrogen) atoms. The van der Waals surface area contributed by atoms with Crippen LogP contribution in [0.4, 0.5) is 5.13 Å². The summed E-state index contributed by atoms with van der Waals surface area (Å²) in [6.07, 6.45) is 0.955. The van der Waals surface area contributed by atoms with Gasteiger partial charge in [-0.25, -0.2) is 9.78 Å². The third-order valence-corrected chi connectivity index (χ3v) is 4.20. The maximum atomic E-state index is 10.7. The van der Waals surface area contributed by atoms with Gasteiger partial charge in [0.15, 0.2) is 10.8 Å². The summed E-state index contributed by atoms with van der Waals surface area (Å²) >= 11 is 3.09. The molecule has 2 rings (SSSR count). The molecule has 0 atom stereocenters. The Labute approximate surface area is 107 Å². The monoisotopic (exact) mass is 268 g/mol. The maximum absolute atomic E-state index is 10.7. The predicted molar refractivity (Wildman–Crippen MR) is 70.4 cm³/mol. The molecule has 0 aliphatic heterocycles. The number of carbonyl (C=O) groups is 1. The summed E-state index contributed by atoms with van der Waals surface area (Å²) in [5, 5.41) is 13.2. The van der Waals surface area contributed by atoms with Gasteiger partial charge >= 0.3 is 5.97 Å². The standard InChI is InChI=1S/C11H12N2O2S2/c1-13(5-4-8-3-2-6-16-8)11-12-9(7-17-11)10(14)15/h2-3,6-7H,4-5H2,1H3,(H,14,15). The van der Waals surface area contributed by atoms with E-state index >= 15 is 0 Å². The molecule has 1 N–H and O–H groups in total. The van der Waals surface area contributed by atoms with Crippen LogP contribution in [0, 0.1) is 0 Å². The van der Waals surface area contributed by atoms with Crippen molar-refractivity contribution < 1.29 is 9.90 Å². The molecule has 2 aromatic rings. The first-order valence-corrected chi connectivity index (χ1v) is 6.85. The van der Waals surface area contributed by atoms with Crippen molar-refractivity contribution in [1.82, 2.24) is 4.98 Å². The molecule has 0 spiro atoms. The zero-order valence-corrected chi connectivity index (χ0v) is 10.9. The number of rotatable bonds is 5. The van der Waals surface area contributed by atoms with Crippen molar-refractivity contribution in [2.75, 3.05) is 18.5 Å². The number of aromatic nitrogens is 1. The van der Waals surface area contributed by atoms with Gasteiger partial charge in [-0.1, -0.05) is 6.07 Å². The average molecular weight is 268 g/mol. The molecule has 0 aliphatic rings. The van der Waals surface area contributed by atoms with E-state index in [1.807, 2.05) is 18.0 Å². The number of aromatic carboxylic acids is 1. The Hall–Kier alpha value is -1.40. The highest BCUT2D eigenvalue weighted by Crippen LogP contribution is 2.20. The van der Waals surface area contributed by atoms with E-state index in [2.05, 4.69) is 16.4 Å². The van der Waals surface area contributed by atoms with E-state index in [9.17, 15) is 4.79 Å². The third-order valence-electron chi connectivity index (χ3n) is 2.31. The molecule has 2 aromatic heterocycles. The van der Waals surface area contributed by atoms with Crippen LogP contribution in [0.2, 0.25) is 0 Å². The van der Waals surface area contributed by atoms with Crippen LogP contribution in [0.15, 0.2) is 22.9 Å². The van der Waals surface area contributed by atoms with E-state index in [1.165, 1.54) is 16.2 Å². The van der Waals surface area contributed by atoms with Crippen LogP contribution >= 0.6 is 22.7 Å². The number of carboxylic acids is 1. The van der Waals surface area contributed by atoms with Crippen LogP contribution in [0.25, 0.3) is 0 Å². The Balaban J connectivity index is 1.94. The molecule has 90 valence electrons. The SMILES string of the molecule is CN(CCc1cccs1)c1nc(C(=O)O)cs1. The van der Waals surface area contributed by atoms with E-state index in [0.29, 0.717) is 0 Å². The Morgan fingerprint density at radius 1 is 1.53 bits per heavy atom. The van der Waals surface area contributed by atoms with Crippen molar-refractivity contribution in [1.29, 1.82) is 0 Å². The molecule has 0 saturated carbocycles. The van der Waals surface area contributed by atoms with Gasteiger partial charge in [-0.3, -0.25) is 0 Å². The second kappa shape index (κ2) is 5.29. The van der Waals surface area contributed by atoms with Crippen LogP contribution < -0.4 is 4.90 Å². The first kappa shape index (κ1) is 12.1. The summed E-state index contributed by atoms with van der Waals surface area (Å²) in [5.74, 6) is -0.973. The van der Waals surface area contributed by atoms with Crippen molar-refractivity contribution in [3.05, 3.63) is 33.5 Å². The lowest BCUT2D eigenvalue weighted by atomic mass is 10.3. The molecule has 0 amide bonds. The molecule has 6 heteroatoms.